The van der Waals surface area contributed by atoms with Crippen LogP contribution in [0.2, 0.25) is 0 Å². The Morgan fingerprint density at radius 1 is 1.12 bits per heavy atom. The van der Waals surface area contributed by atoms with Gasteiger partial charge in [0.25, 0.3) is 0 Å². The van der Waals surface area contributed by atoms with Gasteiger partial charge in [-0.25, -0.2) is 0 Å². The number of ether oxygens (including phenoxy) is 2. The maximum absolute atomic E-state index is 13.0. The molecule has 3 rings (SSSR count). The van der Waals surface area contributed by atoms with Gasteiger partial charge in [0.1, 0.15) is 0 Å². The number of nitrogens with zero attached hydrogens (tertiary/aromatic N) is 2. The third kappa shape index (κ3) is 5.06. The Bertz CT molecular complexity index is 571. The average molecular weight is 360 g/mol. The van der Waals surface area contributed by atoms with Crippen LogP contribution in [0.1, 0.15) is 39.2 Å². The first kappa shape index (κ1) is 19.3. The number of piperidine rings is 1. The largest absolute Gasteiger partial charge is 0.350 e. The molecule has 0 unspecified atom stereocenters. The quantitative estimate of drug-likeness (QED) is 0.810. The van der Waals surface area contributed by atoms with Gasteiger partial charge in [-0.15, -0.1) is 0 Å². The van der Waals surface area contributed by atoms with E-state index < -0.39 is 0 Å². The fourth-order valence-electron chi connectivity index (χ4n) is 3.77. The fraction of sp³-hybridized carbons (Fsp3) is 0.667. The van der Waals surface area contributed by atoms with Gasteiger partial charge in [0, 0.05) is 18.0 Å². The predicted octanol–water partition coefficient (Wildman–Crippen LogP) is 2.90. The maximum Gasteiger partial charge on any atom is 0.237 e. The van der Waals surface area contributed by atoms with Crippen LogP contribution >= 0.6 is 0 Å². The first-order valence-corrected chi connectivity index (χ1v) is 9.73. The molecule has 1 aromatic carbocycles. The molecule has 0 atom stereocenters. The highest BCUT2D eigenvalue weighted by Gasteiger charge is 2.32. The molecule has 5 nitrogen and oxygen atoms in total. The van der Waals surface area contributed by atoms with Crippen LogP contribution in [0.25, 0.3) is 0 Å². The van der Waals surface area contributed by atoms with E-state index in [1.54, 1.807) is 0 Å². The zero-order valence-electron chi connectivity index (χ0n) is 16.3. The highest BCUT2D eigenvalue weighted by Crippen LogP contribution is 2.26. The maximum atomic E-state index is 13.0. The third-order valence-electron chi connectivity index (χ3n) is 5.32. The van der Waals surface area contributed by atoms with Gasteiger partial charge >= 0.3 is 0 Å². The smallest absolute Gasteiger partial charge is 0.237 e. The lowest BCUT2D eigenvalue weighted by molar-refractivity contribution is -0.139. The lowest BCUT2D eigenvalue weighted by Gasteiger charge is -2.39. The van der Waals surface area contributed by atoms with Gasteiger partial charge in [-0.2, -0.15) is 0 Å². The van der Waals surface area contributed by atoms with Crippen molar-refractivity contribution in [3.63, 3.8) is 0 Å². The van der Waals surface area contributed by atoms with Crippen LogP contribution in [0.5, 0.6) is 0 Å². The minimum Gasteiger partial charge on any atom is -0.350 e. The Morgan fingerprint density at radius 3 is 2.31 bits per heavy atom. The molecule has 0 spiro atoms. The highest BCUT2D eigenvalue weighted by molar-refractivity contribution is 5.79. The zero-order valence-corrected chi connectivity index (χ0v) is 16.3. The number of hydrogen-bond donors (Lipinski definition) is 0. The zero-order chi connectivity index (χ0) is 18.6. The summed E-state index contributed by atoms with van der Waals surface area (Å²) in [6.45, 7) is 10.8. The number of carbonyl (C=O) groups is 1. The van der Waals surface area contributed by atoms with E-state index in [2.05, 4.69) is 37.8 Å². The van der Waals surface area contributed by atoms with E-state index in [0.29, 0.717) is 32.2 Å². The van der Waals surface area contributed by atoms with Gasteiger partial charge in [0.05, 0.1) is 19.8 Å². The van der Waals surface area contributed by atoms with Crippen LogP contribution < -0.4 is 0 Å². The molecule has 2 saturated heterocycles. The van der Waals surface area contributed by atoms with Crippen molar-refractivity contribution in [2.75, 3.05) is 32.8 Å². The van der Waals surface area contributed by atoms with Gasteiger partial charge in [0.15, 0.2) is 6.29 Å². The second kappa shape index (κ2) is 8.51. The molecule has 1 amide bonds. The summed E-state index contributed by atoms with van der Waals surface area (Å²) in [6, 6.07) is 10.2. The van der Waals surface area contributed by atoms with Gasteiger partial charge in [-0.05, 0) is 52.3 Å². The molecule has 0 aromatic heterocycles. The number of rotatable bonds is 5. The second-order valence-electron chi connectivity index (χ2n) is 8.36. The lowest BCUT2D eigenvalue weighted by Crippen LogP contribution is -2.50. The topological polar surface area (TPSA) is 42.0 Å². The number of carbonyl (C=O) groups excluding carboxylic acids is 1. The van der Waals surface area contributed by atoms with Crippen molar-refractivity contribution in [3.8, 4) is 0 Å². The molecule has 26 heavy (non-hydrogen) atoms. The summed E-state index contributed by atoms with van der Waals surface area (Å²) >= 11 is 0. The number of hydrogen-bond acceptors (Lipinski definition) is 4. The van der Waals surface area contributed by atoms with E-state index in [1.807, 2.05) is 23.1 Å². The summed E-state index contributed by atoms with van der Waals surface area (Å²) in [5, 5.41) is 0. The van der Waals surface area contributed by atoms with Crippen LogP contribution in [0.3, 0.4) is 0 Å². The fourth-order valence-corrected chi connectivity index (χ4v) is 3.77. The van der Waals surface area contributed by atoms with Crippen LogP contribution in [-0.4, -0.2) is 60.4 Å². The van der Waals surface area contributed by atoms with E-state index in [9.17, 15) is 4.79 Å². The highest BCUT2D eigenvalue weighted by atomic mass is 16.7. The number of benzene rings is 1. The Labute approximate surface area is 157 Å². The first-order chi connectivity index (χ1) is 12.4. The minimum absolute atomic E-state index is 0.0306. The van der Waals surface area contributed by atoms with Crippen LogP contribution in [0.15, 0.2) is 30.3 Å². The lowest BCUT2D eigenvalue weighted by atomic mass is 9.96. The SMILES string of the molecule is CC(C)(C)N(Cc1ccccc1)C(=O)CN1CCC(C2OCCO2)CC1. The second-order valence-corrected chi connectivity index (χ2v) is 8.36. The molecule has 0 bridgehead atoms. The monoisotopic (exact) mass is 360 g/mol. The van der Waals surface area contributed by atoms with Crippen molar-refractivity contribution >= 4 is 5.91 Å². The summed E-state index contributed by atoms with van der Waals surface area (Å²) in [5.41, 5.74) is 0.974. The Hall–Kier alpha value is -1.43. The van der Waals surface area contributed by atoms with Crippen molar-refractivity contribution in [2.45, 2.75) is 52.0 Å². The predicted molar refractivity (Wildman–Crippen MR) is 102 cm³/mol. The minimum atomic E-state index is -0.198. The molecule has 2 heterocycles. The number of amides is 1. The molecule has 0 N–H and O–H groups in total. The average Bonchev–Trinajstić information content (AvgIpc) is 3.15. The van der Waals surface area contributed by atoms with Crippen LogP contribution in [0, 0.1) is 5.92 Å². The van der Waals surface area contributed by atoms with Crippen molar-refractivity contribution in [1.29, 1.82) is 0 Å². The van der Waals surface area contributed by atoms with E-state index >= 15 is 0 Å². The first-order valence-electron chi connectivity index (χ1n) is 9.73. The summed E-state index contributed by atoms with van der Waals surface area (Å²) in [6.07, 6.45) is 2.04. The summed E-state index contributed by atoms with van der Waals surface area (Å²) < 4.78 is 11.3. The summed E-state index contributed by atoms with van der Waals surface area (Å²) in [7, 11) is 0. The molecule has 2 fully saturated rings. The van der Waals surface area contributed by atoms with Crippen molar-refractivity contribution in [2.24, 2.45) is 5.92 Å². The summed E-state index contributed by atoms with van der Waals surface area (Å²) in [5.74, 6) is 0.667. The van der Waals surface area contributed by atoms with E-state index in [-0.39, 0.29) is 17.7 Å². The van der Waals surface area contributed by atoms with Crippen LogP contribution in [-0.2, 0) is 20.8 Å². The van der Waals surface area contributed by atoms with E-state index in [0.717, 1.165) is 25.9 Å². The Balaban J connectivity index is 1.54. The molecule has 144 valence electrons. The summed E-state index contributed by atoms with van der Waals surface area (Å²) in [4.78, 5) is 17.3. The van der Waals surface area contributed by atoms with Gasteiger partial charge in [-0.1, -0.05) is 30.3 Å². The van der Waals surface area contributed by atoms with Gasteiger partial charge in [0.2, 0.25) is 5.91 Å². The van der Waals surface area contributed by atoms with E-state index in [1.165, 1.54) is 5.56 Å². The van der Waals surface area contributed by atoms with Crippen molar-refractivity contribution < 1.29 is 14.3 Å². The molecular formula is C21H32N2O3. The van der Waals surface area contributed by atoms with Gasteiger partial charge < -0.3 is 14.4 Å². The Morgan fingerprint density at radius 2 is 1.73 bits per heavy atom. The molecule has 5 heteroatoms. The molecule has 0 aliphatic carbocycles. The molecule has 0 saturated carbocycles. The number of likely N-dealkylation sites (tertiary alicyclic amines) is 1. The van der Waals surface area contributed by atoms with Crippen molar-refractivity contribution in [3.05, 3.63) is 35.9 Å². The van der Waals surface area contributed by atoms with Crippen molar-refractivity contribution in [1.82, 2.24) is 9.80 Å². The molecule has 0 radical (unpaired) electrons. The van der Waals surface area contributed by atoms with Gasteiger partial charge in [-0.3, -0.25) is 9.69 Å². The Kier molecular flexibility index (Phi) is 6.33. The third-order valence-corrected chi connectivity index (χ3v) is 5.32. The van der Waals surface area contributed by atoms with Crippen LogP contribution in [0.4, 0.5) is 0 Å². The normalized spacial score (nSPS) is 20.4. The molecule has 2 aliphatic heterocycles. The molecule has 1 aromatic rings. The van der Waals surface area contributed by atoms with E-state index in [4.69, 9.17) is 9.47 Å². The molecule has 2 aliphatic rings. The molecular weight excluding hydrogens is 328 g/mol. The standard InChI is InChI=1S/C21H32N2O3/c1-21(2,3)23(15-17-7-5-4-6-8-17)19(24)16-22-11-9-18(10-12-22)20-25-13-14-26-20/h4-8,18,20H,9-16H2,1-3H3.